The van der Waals surface area contributed by atoms with Crippen molar-refractivity contribution in [2.45, 2.75) is 13.1 Å². The van der Waals surface area contributed by atoms with Crippen LogP contribution in [0.3, 0.4) is 0 Å². The van der Waals surface area contributed by atoms with E-state index in [1.54, 1.807) is 0 Å². The van der Waals surface area contributed by atoms with Crippen molar-refractivity contribution in [3.8, 4) is 0 Å². The summed E-state index contributed by atoms with van der Waals surface area (Å²) in [5, 5.41) is 2.26. The van der Waals surface area contributed by atoms with Gasteiger partial charge >= 0.3 is 6.18 Å². The molecule has 0 aliphatic carbocycles. The van der Waals surface area contributed by atoms with Gasteiger partial charge in [-0.3, -0.25) is 9.79 Å². The zero-order valence-corrected chi connectivity index (χ0v) is 9.34. The molecule has 0 bridgehead atoms. The molecule has 0 radical (unpaired) electrons. The van der Waals surface area contributed by atoms with Crippen molar-refractivity contribution in [3.05, 3.63) is 36.1 Å². The summed E-state index contributed by atoms with van der Waals surface area (Å²) in [5.41, 5.74) is -0.553. The van der Waals surface area contributed by atoms with Crippen molar-refractivity contribution < 1.29 is 18.0 Å². The molecule has 0 saturated carbocycles. The normalized spacial score (nSPS) is 13.2. The molecule has 94 valence electrons. The molecule has 0 saturated heterocycles. The molecule has 0 aromatic rings. The zero-order chi connectivity index (χ0) is 13.5. The average molecular weight is 246 g/mol. The summed E-state index contributed by atoms with van der Waals surface area (Å²) in [4.78, 5) is 14.7. The van der Waals surface area contributed by atoms with Crippen LogP contribution in [0.4, 0.5) is 13.2 Å². The lowest BCUT2D eigenvalue weighted by molar-refractivity contribution is -0.117. The van der Waals surface area contributed by atoms with Crippen LogP contribution in [0.15, 0.2) is 41.1 Å². The van der Waals surface area contributed by atoms with Crippen molar-refractivity contribution in [1.82, 2.24) is 5.32 Å². The summed E-state index contributed by atoms with van der Waals surface area (Å²) in [6.07, 6.45) is -1.07. The Kier molecular flexibility index (Phi) is 5.95. The van der Waals surface area contributed by atoms with E-state index in [0.29, 0.717) is 11.8 Å². The minimum absolute atomic E-state index is 0.00398. The number of nitrogens with zero attached hydrogens (tertiary/aromatic N) is 1. The first kappa shape index (κ1) is 15.2. The molecule has 3 nitrogen and oxygen atoms in total. The van der Waals surface area contributed by atoms with E-state index < -0.39 is 17.7 Å². The first-order valence-corrected chi connectivity index (χ1v) is 4.63. The molecule has 0 heterocycles. The number of nitrogens with one attached hydrogen (secondary N) is 1. The van der Waals surface area contributed by atoms with Crippen molar-refractivity contribution >= 4 is 12.6 Å². The Morgan fingerprint density at radius 3 is 2.47 bits per heavy atom. The van der Waals surface area contributed by atoms with Crippen LogP contribution >= 0.6 is 0 Å². The largest absolute Gasteiger partial charge is 0.412 e. The van der Waals surface area contributed by atoms with Crippen LogP contribution in [-0.4, -0.2) is 25.3 Å². The fraction of sp³-hybridized carbons (Fsp3) is 0.273. The molecule has 0 rings (SSSR count). The highest BCUT2D eigenvalue weighted by Crippen LogP contribution is 2.24. The molecular formula is C11H13F3N2O. The maximum atomic E-state index is 12.1. The maximum Gasteiger partial charge on any atom is 0.412 e. The number of carbonyl (C=O) groups excluding carboxylic acids is 1. The summed E-state index contributed by atoms with van der Waals surface area (Å²) in [7, 11) is 0. The fourth-order valence-electron chi connectivity index (χ4n) is 0.811. The van der Waals surface area contributed by atoms with Crippen LogP contribution in [0, 0.1) is 0 Å². The predicted molar refractivity (Wildman–Crippen MR) is 60.7 cm³/mol. The van der Waals surface area contributed by atoms with Gasteiger partial charge in [0.1, 0.15) is 0 Å². The monoisotopic (exact) mass is 246 g/mol. The van der Waals surface area contributed by atoms with Crippen molar-refractivity contribution in [3.63, 3.8) is 0 Å². The van der Waals surface area contributed by atoms with E-state index in [2.05, 4.69) is 23.6 Å². The highest BCUT2D eigenvalue weighted by Gasteiger charge is 2.30. The van der Waals surface area contributed by atoms with Crippen molar-refractivity contribution in [2.24, 2.45) is 4.99 Å². The van der Waals surface area contributed by atoms with Crippen LogP contribution in [0.25, 0.3) is 0 Å². The van der Waals surface area contributed by atoms with Gasteiger partial charge in [0.15, 0.2) is 0 Å². The minimum atomic E-state index is -4.49. The lowest BCUT2D eigenvalue weighted by Crippen LogP contribution is -2.24. The quantitative estimate of drug-likeness (QED) is 0.451. The Hall–Kier alpha value is -1.85. The van der Waals surface area contributed by atoms with Gasteiger partial charge in [-0.05, 0) is 19.7 Å². The van der Waals surface area contributed by atoms with Crippen LogP contribution in [-0.2, 0) is 4.79 Å². The number of hydrogen-bond donors (Lipinski definition) is 1. The van der Waals surface area contributed by atoms with E-state index in [1.165, 1.54) is 12.2 Å². The average Bonchev–Trinajstić information content (AvgIpc) is 2.22. The smallest absolute Gasteiger partial charge is 0.347 e. The first-order chi connectivity index (χ1) is 7.81. The van der Waals surface area contributed by atoms with Gasteiger partial charge in [0.25, 0.3) is 0 Å². The third kappa shape index (κ3) is 6.34. The molecule has 0 atom stereocenters. The molecule has 0 spiro atoms. The van der Waals surface area contributed by atoms with E-state index in [0.717, 1.165) is 6.92 Å². The van der Waals surface area contributed by atoms with E-state index in [-0.39, 0.29) is 6.54 Å². The Morgan fingerprint density at radius 1 is 1.47 bits per heavy atom. The van der Waals surface area contributed by atoms with Gasteiger partial charge in [-0.2, -0.15) is 13.2 Å². The Bertz CT molecular complexity index is 367. The van der Waals surface area contributed by atoms with E-state index in [1.807, 2.05) is 0 Å². The molecule has 17 heavy (non-hydrogen) atoms. The zero-order valence-electron chi connectivity index (χ0n) is 9.34. The minimum Gasteiger partial charge on any atom is -0.347 e. The molecule has 6 heteroatoms. The van der Waals surface area contributed by atoms with Crippen LogP contribution in [0.1, 0.15) is 6.92 Å². The molecule has 1 amide bonds. The number of amides is 1. The van der Waals surface area contributed by atoms with Crippen LogP contribution < -0.4 is 5.32 Å². The lowest BCUT2D eigenvalue weighted by Gasteiger charge is -2.06. The number of alkyl halides is 3. The standard InChI is InChI=1S/C11H13F3N2O/c1-4-5-9(15-3)7-16-10(17)6-8(2)11(12,13)14/h4-6H,1,3,7H2,2H3,(H,16,17)/b8-6+,9-5-. The van der Waals surface area contributed by atoms with Crippen molar-refractivity contribution in [1.29, 1.82) is 0 Å². The number of aliphatic imine (C=N–C) groups is 1. The van der Waals surface area contributed by atoms with Gasteiger partial charge in [0.05, 0.1) is 12.2 Å². The first-order valence-electron chi connectivity index (χ1n) is 4.63. The summed E-state index contributed by atoms with van der Waals surface area (Å²) in [5.74, 6) is -0.835. The number of halogens is 3. The number of carbonyl (C=O) groups is 1. The second kappa shape index (κ2) is 6.67. The number of rotatable bonds is 5. The Balaban J connectivity index is 4.44. The number of allylic oxidation sites excluding steroid dienone is 3. The Labute approximate surface area is 97.4 Å². The second-order valence-corrected chi connectivity index (χ2v) is 3.09. The van der Waals surface area contributed by atoms with Crippen LogP contribution in [0.2, 0.25) is 0 Å². The van der Waals surface area contributed by atoms with Gasteiger partial charge in [-0.15, -0.1) is 0 Å². The summed E-state index contributed by atoms with van der Waals surface area (Å²) >= 11 is 0. The predicted octanol–water partition coefficient (Wildman–Crippen LogP) is 2.38. The molecule has 0 aromatic heterocycles. The van der Waals surface area contributed by atoms with E-state index in [9.17, 15) is 18.0 Å². The highest BCUT2D eigenvalue weighted by molar-refractivity contribution is 5.88. The fourth-order valence-corrected chi connectivity index (χ4v) is 0.811. The number of hydrogen-bond acceptors (Lipinski definition) is 2. The van der Waals surface area contributed by atoms with Gasteiger partial charge in [-0.1, -0.05) is 12.7 Å². The third-order valence-electron chi connectivity index (χ3n) is 1.75. The Morgan fingerprint density at radius 2 is 2.06 bits per heavy atom. The molecule has 0 unspecified atom stereocenters. The van der Waals surface area contributed by atoms with Gasteiger partial charge < -0.3 is 5.32 Å². The summed E-state index contributed by atoms with van der Waals surface area (Å²) in [6.45, 7) is 7.48. The van der Waals surface area contributed by atoms with Crippen molar-refractivity contribution in [2.75, 3.05) is 6.54 Å². The van der Waals surface area contributed by atoms with Gasteiger partial charge in [0, 0.05) is 11.6 Å². The molecular weight excluding hydrogens is 233 g/mol. The lowest BCUT2D eigenvalue weighted by atomic mass is 10.2. The third-order valence-corrected chi connectivity index (χ3v) is 1.75. The molecule has 0 aromatic carbocycles. The maximum absolute atomic E-state index is 12.1. The topological polar surface area (TPSA) is 41.5 Å². The SMILES string of the molecule is C=C/C=C(/CNC(=O)/C=C(\C)C(F)(F)F)N=C. The van der Waals surface area contributed by atoms with E-state index >= 15 is 0 Å². The van der Waals surface area contributed by atoms with Gasteiger partial charge in [-0.25, -0.2) is 0 Å². The van der Waals surface area contributed by atoms with Gasteiger partial charge in [0.2, 0.25) is 5.91 Å². The molecule has 0 aliphatic heterocycles. The second-order valence-electron chi connectivity index (χ2n) is 3.09. The molecule has 1 N–H and O–H groups in total. The summed E-state index contributed by atoms with van der Waals surface area (Å²) < 4.78 is 36.3. The van der Waals surface area contributed by atoms with E-state index in [4.69, 9.17) is 0 Å². The molecule has 0 fully saturated rings. The highest BCUT2D eigenvalue weighted by atomic mass is 19.4. The molecule has 0 aliphatic rings. The van der Waals surface area contributed by atoms with Crippen LogP contribution in [0.5, 0.6) is 0 Å². The summed E-state index contributed by atoms with van der Waals surface area (Å²) in [6, 6.07) is 0.